The standard InChI is InChI=1S/C11H14N2O2S/c1-7-6-9(10(14)15-7)16-11-12-4-5-13(11)8-2-3-8/h4-5,7-9H,2-3,6H2,1H3. The number of rotatable bonds is 3. The number of thioether (sulfide) groups is 1. The van der Waals surface area contributed by atoms with E-state index in [9.17, 15) is 4.79 Å². The van der Waals surface area contributed by atoms with Gasteiger partial charge in [-0.1, -0.05) is 11.8 Å². The molecular formula is C11H14N2O2S. The first-order valence-electron chi connectivity index (χ1n) is 5.64. The van der Waals surface area contributed by atoms with Gasteiger partial charge in [0.2, 0.25) is 0 Å². The number of hydrogen-bond donors (Lipinski definition) is 0. The summed E-state index contributed by atoms with van der Waals surface area (Å²) in [5.74, 6) is -0.0946. The topological polar surface area (TPSA) is 44.1 Å². The number of ether oxygens (including phenoxy) is 1. The lowest BCUT2D eigenvalue weighted by molar-refractivity contribution is -0.140. The van der Waals surface area contributed by atoms with Crippen molar-refractivity contribution < 1.29 is 9.53 Å². The Labute approximate surface area is 98.4 Å². The smallest absolute Gasteiger partial charge is 0.319 e. The molecule has 1 saturated carbocycles. The molecule has 1 saturated heterocycles. The van der Waals surface area contributed by atoms with E-state index in [2.05, 4.69) is 9.55 Å². The third-order valence-corrected chi connectivity index (χ3v) is 4.14. The van der Waals surface area contributed by atoms with Crippen LogP contribution < -0.4 is 0 Å². The van der Waals surface area contributed by atoms with Crippen molar-refractivity contribution in [1.29, 1.82) is 0 Å². The summed E-state index contributed by atoms with van der Waals surface area (Å²) in [7, 11) is 0. The lowest BCUT2D eigenvalue weighted by atomic mass is 10.3. The quantitative estimate of drug-likeness (QED) is 0.756. The van der Waals surface area contributed by atoms with Crippen molar-refractivity contribution in [2.45, 2.75) is 48.7 Å². The van der Waals surface area contributed by atoms with Crippen molar-refractivity contribution in [2.75, 3.05) is 0 Å². The minimum Gasteiger partial charge on any atom is -0.462 e. The van der Waals surface area contributed by atoms with E-state index in [4.69, 9.17) is 4.74 Å². The Balaban J connectivity index is 1.73. The molecule has 3 rings (SSSR count). The number of esters is 1. The first-order valence-corrected chi connectivity index (χ1v) is 6.52. The zero-order valence-electron chi connectivity index (χ0n) is 9.13. The Morgan fingerprint density at radius 3 is 3.00 bits per heavy atom. The number of cyclic esters (lactones) is 1. The fourth-order valence-electron chi connectivity index (χ4n) is 1.96. The molecule has 2 atom stereocenters. The van der Waals surface area contributed by atoms with Gasteiger partial charge in [-0.2, -0.15) is 0 Å². The van der Waals surface area contributed by atoms with E-state index in [1.807, 2.05) is 19.3 Å². The highest BCUT2D eigenvalue weighted by Gasteiger charge is 2.35. The molecule has 0 radical (unpaired) electrons. The third kappa shape index (κ3) is 1.84. The van der Waals surface area contributed by atoms with Crippen LogP contribution >= 0.6 is 11.8 Å². The molecule has 2 fully saturated rings. The minimum atomic E-state index is -0.0946. The summed E-state index contributed by atoms with van der Waals surface area (Å²) in [6.45, 7) is 1.94. The van der Waals surface area contributed by atoms with Gasteiger partial charge in [0.05, 0.1) is 0 Å². The molecule has 0 aromatic carbocycles. The van der Waals surface area contributed by atoms with Crippen molar-refractivity contribution >= 4 is 17.7 Å². The van der Waals surface area contributed by atoms with Gasteiger partial charge in [0, 0.05) is 24.9 Å². The zero-order chi connectivity index (χ0) is 11.1. The maximum absolute atomic E-state index is 11.5. The van der Waals surface area contributed by atoms with E-state index in [0.29, 0.717) is 6.04 Å². The Morgan fingerprint density at radius 2 is 2.38 bits per heavy atom. The minimum absolute atomic E-state index is 0.0503. The van der Waals surface area contributed by atoms with Crippen LogP contribution in [0.25, 0.3) is 0 Å². The molecule has 2 unspecified atom stereocenters. The van der Waals surface area contributed by atoms with Crippen molar-refractivity contribution in [3.63, 3.8) is 0 Å². The number of carbonyl (C=O) groups is 1. The summed E-state index contributed by atoms with van der Waals surface area (Å²) in [6.07, 6.45) is 7.12. The van der Waals surface area contributed by atoms with Gasteiger partial charge < -0.3 is 9.30 Å². The largest absolute Gasteiger partial charge is 0.462 e. The normalized spacial score (nSPS) is 29.4. The van der Waals surface area contributed by atoms with Crippen LogP contribution in [0, 0.1) is 0 Å². The molecule has 0 bridgehead atoms. The lowest BCUT2D eigenvalue weighted by Crippen LogP contribution is -2.11. The highest BCUT2D eigenvalue weighted by Crippen LogP contribution is 2.39. The van der Waals surface area contributed by atoms with Crippen LogP contribution in [0.5, 0.6) is 0 Å². The molecule has 0 amide bonds. The van der Waals surface area contributed by atoms with E-state index < -0.39 is 0 Å². The van der Waals surface area contributed by atoms with Crippen molar-refractivity contribution in [3.05, 3.63) is 12.4 Å². The second kappa shape index (κ2) is 3.80. The van der Waals surface area contributed by atoms with Gasteiger partial charge in [-0.3, -0.25) is 4.79 Å². The summed E-state index contributed by atoms with van der Waals surface area (Å²) in [5, 5.41) is 0.883. The molecule has 2 aliphatic rings. The molecule has 1 aliphatic carbocycles. The first-order chi connectivity index (χ1) is 7.74. The zero-order valence-corrected chi connectivity index (χ0v) is 9.94. The van der Waals surface area contributed by atoms with Gasteiger partial charge in [-0.15, -0.1) is 0 Å². The highest BCUT2D eigenvalue weighted by atomic mass is 32.2. The number of imidazole rings is 1. The summed E-state index contributed by atoms with van der Waals surface area (Å²) in [5.41, 5.74) is 0. The van der Waals surface area contributed by atoms with Crippen LogP contribution in [0.15, 0.2) is 17.6 Å². The predicted octanol–water partition coefficient (Wildman–Crippen LogP) is 2.01. The Bertz CT molecular complexity index is 414. The molecule has 86 valence electrons. The van der Waals surface area contributed by atoms with Crippen LogP contribution in [0.3, 0.4) is 0 Å². The maximum atomic E-state index is 11.5. The summed E-state index contributed by atoms with van der Waals surface area (Å²) < 4.78 is 7.32. The Kier molecular flexibility index (Phi) is 2.42. The molecular weight excluding hydrogens is 224 g/mol. The van der Waals surface area contributed by atoms with Crippen LogP contribution in [0.2, 0.25) is 0 Å². The predicted molar refractivity (Wildman–Crippen MR) is 60.3 cm³/mol. The van der Waals surface area contributed by atoms with E-state index in [1.165, 1.54) is 12.8 Å². The van der Waals surface area contributed by atoms with Crippen LogP contribution in [0.1, 0.15) is 32.2 Å². The average molecular weight is 238 g/mol. The highest BCUT2D eigenvalue weighted by molar-refractivity contribution is 8.00. The van der Waals surface area contributed by atoms with Gasteiger partial charge >= 0.3 is 5.97 Å². The third-order valence-electron chi connectivity index (χ3n) is 2.95. The van der Waals surface area contributed by atoms with Crippen molar-refractivity contribution in [3.8, 4) is 0 Å². The SMILES string of the molecule is CC1CC(Sc2nccn2C2CC2)C(=O)O1. The lowest BCUT2D eigenvalue weighted by Gasteiger charge is -2.07. The van der Waals surface area contributed by atoms with Crippen molar-refractivity contribution in [1.82, 2.24) is 9.55 Å². The van der Waals surface area contributed by atoms with Gasteiger partial charge in [0.15, 0.2) is 5.16 Å². The summed E-state index contributed by atoms with van der Waals surface area (Å²) >= 11 is 1.54. The summed E-state index contributed by atoms with van der Waals surface area (Å²) in [6, 6.07) is 0.611. The second-order valence-corrected chi connectivity index (χ2v) is 5.61. The monoisotopic (exact) mass is 238 g/mol. The molecule has 16 heavy (non-hydrogen) atoms. The number of nitrogens with zero attached hydrogens (tertiary/aromatic N) is 2. The molecule has 2 heterocycles. The van der Waals surface area contributed by atoms with Crippen molar-refractivity contribution in [2.24, 2.45) is 0 Å². The van der Waals surface area contributed by atoms with Gasteiger partial charge in [0.1, 0.15) is 11.4 Å². The first kappa shape index (κ1) is 10.2. The second-order valence-electron chi connectivity index (χ2n) is 4.44. The molecule has 1 aromatic heterocycles. The van der Waals surface area contributed by atoms with Crippen LogP contribution in [0.4, 0.5) is 0 Å². The number of aromatic nitrogens is 2. The van der Waals surface area contributed by atoms with Crippen LogP contribution in [-0.2, 0) is 9.53 Å². The molecule has 0 N–H and O–H groups in total. The maximum Gasteiger partial charge on any atom is 0.319 e. The fraction of sp³-hybridized carbons (Fsp3) is 0.636. The number of carbonyl (C=O) groups excluding carboxylic acids is 1. The Hall–Kier alpha value is -0.970. The molecule has 4 nitrogen and oxygen atoms in total. The Morgan fingerprint density at radius 1 is 1.56 bits per heavy atom. The average Bonchev–Trinajstić information content (AvgIpc) is 2.90. The number of hydrogen-bond acceptors (Lipinski definition) is 4. The van der Waals surface area contributed by atoms with Gasteiger partial charge in [-0.05, 0) is 19.8 Å². The van der Waals surface area contributed by atoms with Crippen LogP contribution in [-0.4, -0.2) is 26.9 Å². The molecule has 1 aromatic rings. The molecule has 5 heteroatoms. The summed E-state index contributed by atoms with van der Waals surface area (Å²) in [4.78, 5) is 15.8. The van der Waals surface area contributed by atoms with Gasteiger partial charge in [0.25, 0.3) is 0 Å². The van der Waals surface area contributed by atoms with Gasteiger partial charge in [-0.25, -0.2) is 4.98 Å². The fourth-order valence-corrected chi connectivity index (χ4v) is 3.19. The molecule has 0 spiro atoms. The molecule has 1 aliphatic heterocycles. The van der Waals surface area contributed by atoms with E-state index in [1.54, 1.807) is 11.8 Å². The van der Waals surface area contributed by atoms with E-state index >= 15 is 0 Å². The van der Waals surface area contributed by atoms with E-state index in [-0.39, 0.29) is 17.3 Å². The van der Waals surface area contributed by atoms with E-state index in [0.717, 1.165) is 11.6 Å².